The number of ether oxygens (including phenoxy) is 3. The molecule has 3 amide bonds. The number of nitrogens with zero attached hydrogens (tertiary/aromatic N) is 12. The third-order valence-electron chi connectivity index (χ3n) is 10.7. The molecule has 8 heterocycles. The maximum absolute atomic E-state index is 12.7. The number of nitrogens with one attached hydrogen (secondary N) is 1. The van der Waals surface area contributed by atoms with E-state index in [-0.39, 0.29) is 24.0 Å². The van der Waals surface area contributed by atoms with Gasteiger partial charge in [0, 0.05) is 98.9 Å². The fourth-order valence-electron chi connectivity index (χ4n) is 7.85. The summed E-state index contributed by atoms with van der Waals surface area (Å²) >= 11 is 0. The predicted octanol–water partition coefficient (Wildman–Crippen LogP) is 7.42. The topological polar surface area (TPSA) is 219 Å². The van der Waals surface area contributed by atoms with Crippen molar-refractivity contribution in [3.63, 3.8) is 0 Å². The van der Waals surface area contributed by atoms with E-state index in [2.05, 4.69) is 25.7 Å². The van der Waals surface area contributed by atoms with Crippen LogP contribution in [0, 0.1) is 0 Å². The molecule has 2 saturated heterocycles. The number of carbonyl (C=O) groups is 3. The molecule has 2 atom stereocenters. The first kappa shape index (κ1) is 46.3. The number of nitrogen functional groups attached to an aromatic ring is 1. The first-order chi connectivity index (χ1) is 30.5. The Kier molecular flexibility index (Phi) is 12.8. The summed E-state index contributed by atoms with van der Waals surface area (Å²) in [5, 5.41) is 20.2. The van der Waals surface area contributed by atoms with E-state index in [1.54, 1.807) is 59.0 Å². The van der Waals surface area contributed by atoms with Crippen molar-refractivity contribution < 1.29 is 28.6 Å². The van der Waals surface area contributed by atoms with Crippen LogP contribution < -0.4 is 11.1 Å². The monoisotopic (exact) mass is 894 g/mol. The van der Waals surface area contributed by atoms with Crippen LogP contribution in [0.1, 0.15) is 111 Å². The quantitative estimate of drug-likeness (QED) is 0.161. The number of fused-ring (bicyclic) bond motifs is 2. The Balaban J connectivity index is 0.000000198. The van der Waals surface area contributed by atoms with Gasteiger partial charge in [-0.15, -0.1) is 0 Å². The van der Waals surface area contributed by atoms with Crippen molar-refractivity contribution in [3.8, 4) is 22.3 Å². The van der Waals surface area contributed by atoms with Crippen LogP contribution in [-0.4, -0.2) is 120 Å². The summed E-state index contributed by atoms with van der Waals surface area (Å²) in [6.07, 6.45) is 13.1. The highest BCUT2D eigenvalue weighted by Gasteiger charge is 2.32. The minimum atomic E-state index is -0.651. The van der Waals surface area contributed by atoms with E-state index in [1.807, 2.05) is 94.9 Å². The van der Waals surface area contributed by atoms with Gasteiger partial charge in [-0.1, -0.05) is 0 Å². The van der Waals surface area contributed by atoms with Crippen molar-refractivity contribution in [3.05, 3.63) is 60.7 Å². The second-order valence-corrected chi connectivity index (χ2v) is 19.7. The lowest BCUT2D eigenvalue weighted by Gasteiger charge is -2.34. The number of amides is 3. The van der Waals surface area contributed by atoms with Gasteiger partial charge in [0.2, 0.25) is 0 Å². The van der Waals surface area contributed by atoms with E-state index in [4.69, 9.17) is 29.9 Å². The predicted molar refractivity (Wildman–Crippen MR) is 244 cm³/mol. The van der Waals surface area contributed by atoms with Crippen molar-refractivity contribution in [1.82, 2.24) is 58.6 Å². The van der Waals surface area contributed by atoms with Gasteiger partial charge in [-0.3, -0.25) is 14.7 Å². The summed E-state index contributed by atoms with van der Waals surface area (Å²) in [4.78, 5) is 51.2. The molecule has 0 aliphatic carbocycles. The molecule has 8 rings (SSSR count). The van der Waals surface area contributed by atoms with E-state index in [0.29, 0.717) is 49.1 Å². The molecular formula is C45H62N14O6. The number of aromatic nitrogens is 10. The van der Waals surface area contributed by atoms with Crippen LogP contribution in [0.25, 0.3) is 33.5 Å². The standard InChI is InChI=1S/C25H35N7O4.C20H27N7O2/c1-24(2,3)35-22(33)29-20-11-19(16-9-8-10-31(15-16)23(34)36-25(4,5)6)28-21-18(13-27-32(20)21)17-12-26-30(7)14-17;1-20(2,3)29-19(28)26-7-5-6-13(12-26)16-8-17(21)27-18(24-16)15(10-23-27)14-9-22-25(4)11-14/h11-14,16H,8-10,15H2,1-7H3,(H,29,33);8-11,13H,5-7,12,21H2,1-4H3. The second kappa shape index (κ2) is 18.0. The van der Waals surface area contributed by atoms with E-state index in [9.17, 15) is 14.4 Å². The van der Waals surface area contributed by atoms with E-state index >= 15 is 0 Å². The molecule has 2 aliphatic heterocycles. The molecule has 65 heavy (non-hydrogen) atoms. The zero-order chi connectivity index (χ0) is 47.0. The molecule has 6 aromatic heterocycles. The Labute approximate surface area is 378 Å². The molecule has 0 saturated carbocycles. The summed E-state index contributed by atoms with van der Waals surface area (Å²) in [5.41, 5.74) is 10.9. The van der Waals surface area contributed by atoms with Gasteiger partial charge in [-0.25, -0.2) is 24.4 Å². The van der Waals surface area contributed by atoms with Gasteiger partial charge in [0.1, 0.15) is 28.4 Å². The Hall–Kier alpha value is -6.73. The van der Waals surface area contributed by atoms with Gasteiger partial charge in [0.25, 0.3) is 0 Å². The highest BCUT2D eigenvalue weighted by Crippen LogP contribution is 2.33. The molecule has 0 radical (unpaired) electrons. The van der Waals surface area contributed by atoms with E-state index in [0.717, 1.165) is 59.3 Å². The van der Waals surface area contributed by atoms with Crippen LogP contribution >= 0.6 is 0 Å². The average Bonchev–Trinajstić information content (AvgIpc) is 4.03. The Morgan fingerprint density at radius 3 is 1.52 bits per heavy atom. The number of likely N-dealkylation sites (tertiary alicyclic amines) is 2. The van der Waals surface area contributed by atoms with Crippen LogP contribution in [-0.2, 0) is 28.3 Å². The van der Waals surface area contributed by atoms with Crippen LogP contribution in [0.4, 0.5) is 26.0 Å². The van der Waals surface area contributed by atoms with Crippen LogP contribution in [0.3, 0.4) is 0 Å². The van der Waals surface area contributed by atoms with Crippen molar-refractivity contribution >= 4 is 41.2 Å². The van der Waals surface area contributed by atoms with E-state index < -0.39 is 22.9 Å². The number of anilines is 2. The maximum atomic E-state index is 12.7. The van der Waals surface area contributed by atoms with Crippen molar-refractivity contribution in [1.29, 1.82) is 0 Å². The van der Waals surface area contributed by atoms with Crippen LogP contribution in [0.15, 0.2) is 49.3 Å². The number of piperidine rings is 2. The van der Waals surface area contributed by atoms with Crippen molar-refractivity contribution in [2.45, 2.75) is 117 Å². The molecule has 20 heteroatoms. The number of nitrogens with two attached hydrogens (primary N) is 1. The fourth-order valence-corrected chi connectivity index (χ4v) is 7.85. The second-order valence-electron chi connectivity index (χ2n) is 19.7. The highest BCUT2D eigenvalue weighted by atomic mass is 16.6. The fraction of sp³-hybridized carbons (Fsp3) is 0.533. The molecule has 2 aliphatic rings. The van der Waals surface area contributed by atoms with Crippen LogP contribution in [0.5, 0.6) is 0 Å². The number of rotatable bonds is 5. The largest absolute Gasteiger partial charge is 0.444 e. The third kappa shape index (κ3) is 11.3. The molecule has 3 N–H and O–H groups in total. The van der Waals surface area contributed by atoms with Gasteiger partial charge in [-0.05, 0) is 88.0 Å². The zero-order valence-electron chi connectivity index (χ0n) is 39.3. The Morgan fingerprint density at radius 1 is 0.631 bits per heavy atom. The van der Waals surface area contributed by atoms with Crippen LogP contribution in [0.2, 0.25) is 0 Å². The Morgan fingerprint density at radius 2 is 1.08 bits per heavy atom. The van der Waals surface area contributed by atoms with Gasteiger partial charge < -0.3 is 29.7 Å². The maximum Gasteiger partial charge on any atom is 0.413 e. The molecule has 0 bridgehead atoms. The first-order valence-corrected chi connectivity index (χ1v) is 22.0. The van der Waals surface area contributed by atoms with E-state index in [1.165, 1.54) is 0 Å². The third-order valence-corrected chi connectivity index (χ3v) is 10.7. The van der Waals surface area contributed by atoms with Gasteiger partial charge in [0.05, 0.1) is 36.2 Å². The number of hydrogen-bond donors (Lipinski definition) is 2. The lowest BCUT2D eigenvalue weighted by molar-refractivity contribution is 0.0187. The molecular weight excluding hydrogens is 833 g/mol. The number of carbonyl (C=O) groups excluding carboxylic acids is 3. The molecule has 348 valence electrons. The Bertz CT molecular complexity index is 2680. The zero-order valence-corrected chi connectivity index (χ0v) is 39.3. The molecule has 2 unspecified atom stereocenters. The number of aryl methyl sites for hydroxylation is 2. The molecule has 0 spiro atoms. The van der Waals surface area contributed by atoms with Crippen molar-refractivity contribution in [2.24, 2.45) is 14.1 Å². The summed E-state index contributed by atoms with van der Waals surface area (Å²) in [7, 11) is 3.71. The van der Waals surface area contributed by atoms with Gasteiger partial charge >= 0.3 is 18.3 Å². The molecule has 20 nitrogen and oxygen atoms in total. The lowest BCUT2D eigenvalue weighted by atomic mass is 9.94. The smallest absolute Gasteiger partial charge is 0.413 e. The average molecular weight is 895 g/mol. The SMILES string of the molecule is Cn1cc(-c2cnn3c(N)cc(C4CCCN(C(=O)OC(C)(C)C)C4)nc23)cn1.Cn1cc(-c2cnn3c(NC(=O)OC(C)(C)C)cc(C4CCCN(C(=O)OC(C)(C)C)C4)nc23)cn1. The molecule has 2 fully saturated rings. The first-order valence-electron chi connectivity index (χ1n) is 22.0. The molecule has 6 aromatic rings. The lowest BCUT2D eigenvalue weighted by Crippen LogP contribution is -2.42. The van der Waals surface area contributed by atoms with Gasteiger partial charge in [0.15, 0.2) is 11.3 Å². The summed E-state index contributed by atoms with van der Waals surface area (Å²) < 4.78 is 23.3. The summed E-state index contributed by atoms with van der Waals surface area (Å²) in [6, 6.07) is 3.66. The highest BCUT2D eigenvalue weighted by molar-refractivity contribution is 5.86. The summed E-state index contributed by atoms with van der Waals surface area (Å²) in [5.74, 6) is 1.02. The normalized spacial score (nSPS) is 17.2. The van der Waals surface area contributed by atoms with Crippen molar-refractivity contribution in [2.75, 3.05) is 37.2 Å². The molecule has 0 aromatic carbocycles. The minimum absolute atomic E-state index is 0.0351. The minimum Gasteiger partial charge on any atom is -0.444 e. The number of hydrogen-bond acceptors (Lipinski definition) is 13. The van der Waals surface area contributed by atoms with Gasteiger partial charge in [-0.2, -0.15) is 29.4 Å². The summed E-state index contributed by atoms with van der Waals surface area (Å²) in [6.45, 7) is 19.0.